The van der Waals surface area contributed by atoms with E-state index in [4.69, 9.17) is 0 Å². The minimum Gasteiger partial charge on any atom is -0.287 e. The van der Waals surface area contributed by atoms with E-state index in [0.29, 0.717) is 0 Å². The van der Waals surface area contributed by atoms with Gasteiger partial charge in [-0.3, -0.25) is 14.3 Å². The number of benzene rings is 3. The summed E-state index contributed by atoms with van der Waals surface area (Å²) in [5.41, 5.74) is 0.987. The van der Waals surface area contributed by atoms with E-state index in [-0.39, 0.29) is 27.4 Å². The van der Waals surface area contributed by atoms with Crippen LogP contribution in [0.25, 0.3) is 16.5 Å². The molecule has 5 rings (SSSR count). The molecule has 1 aliphatic carbocycles. The van der Waals surface area contributed by atoms with Gasteiger partial charge in [-0.2, -0.15) is 4.57 Å². The summed E-state index contributed by atoms with van der Waals surface area (Å²) in [7, 11) is -4.11. The van der Waals surface area contributed by atoms with Gasteiger partial charge in [0.15, 0.2) is 18.1 Å². The van der Waals surface area contributed by atoms with Crippen LogP contribution in [-0.2, 0) is 10.0 Å². The van der Waals surface area contributed by atoms with E-state index in [1.54, 1.807) is 54.9 Å². The van der Waals surface area contributed by atoms with Gasteiger partial charge in [0.2, 0.25) is 5.78 Å². The molecular weight excluding hydrogens is 436 g/mol. The highest BCUT2D eigenvalue weighted by atomic mass is 32.2. The summed E-state index contributed by atoms with van der Waals surface area (Å²) in [6, 6.07) is 22.2. The minimum atomic E-state index is -4.11. The van der Waals surface area contributed by atoms with Crippen molar-refractivity contribution < 1.29 is 22.6 Å². The zero-order valence-electron chi connectivity index (χ0n) is 17.6. The molecule has 4 aromatic rings. The third-order valence-electron chi connectivity index (χ3n) is 5.60. The SMILES string of the molecule is Cc1ccc(S(=O)(=O)NC2=C([n+]3ccccc3)C(=O)c3cc4ccccc4cc3C2=O)cc1. The van der Waals surface area contributed by atoms with Gasteiger partial charge >= 0.3 is 0 Å². The van der Waals surface area contributed by atoms with Crippen molar-refractivity contribution in [2.75, 3.05) is 0 Å². The van der Waals surface area contributed by atoms with Crippen molar-refractivity contribution in [3.05, 3.63) is 114 Å². The molecule has 7 heteroatoms. The normalized spacial score (nSPS) is 13.8. The van der Waals surface area contributed by atoms with Crippen molar-refractivity contribution in [2.45, 2.75) is 11.8 Å². The third kappa shape index (κ3) is 3.62. The molecule has 0 amide bonds. The van der Waals surface area contributed by atoms with E-state index in [1.165, 1.54) is 16.7 Å². The van der Waals surface area contributed by atoms with Crippen molar-refractivity contribution in [2.24, 2.45) is 0 Å². The van der Waals surface area contributed by atoms with Crippen molar-refractivity contribution >= 4 is 38.1 Å². The summed E-state index contributed by atoms with van der Waals surface area (Å²) in [5.74, 6) is -0.995. The molecule has 1 aliphatic rings. The van der Waals surface area contributed by atoms with Gasteiger partial charge in [-0.25, -0.2) is 8.42 Å². The number of ketones is 2. The third-order valence-corrected chi connectivity index (χ3v) is 6.96. The fraction of sp³-hybridized carbons (Fsp3) is 0.0385. The van der Waals surface area contributed by atoms with Crippen LogP contribution in [0.15, 0.2) is 102 Å². The first-order chi connectivity index (χ1) is 15.8. The van der Waals surface area contributed by atoms with Crippen LogP contribution in [-0.4, -0.2) is 20.0 Å². The molecule has 0 spiro atoms. The molecule has 3 aromatic carbocycles. The lowest BCUT2D eigenvalue weighted by atomic mass is 9.88. The van der Waals surface area contributed by atoms with Gasteiger partial charge in [0.05, 0.1) is 4.90 Å². The Labute approximate surface area is 190 Å². The number of pyridine rings is 1. The Morgan fingerprint density at radius 3 is 1.91 bits per heavy atom. The molecule has 1 aromatic heterocycles. The lowest BCUT2D eigenvalue weighted by molar-refractivity contribution is -0.577. The highest BCUT2D eigenvalue weighted by Gasteiger charge is 2.40. The summed E-state index contributed by atoms with van der Waals surface area (Å²) >= 11 is 0. The number of sulfonamides is 1. The summed E-state index contributed by atoms with van der Waals surface area (Å²) in [4.78, 5) is 27.2. The molecule has 1 heterocycles. The molecular formula is C26H19N2O4S+. The summed E-state index contributed by atoms with van der Waals surface area (Å²) in [6.07, 6.45) is 3.21. The molecule has 1 N–H and O–H groups in total. The number of fused-ring (bicyclic) bond motifs is 2. The second-order valence-electron chi connectivity index (χ2n) is 7.83. The smallest absolute Gasteiger partial charge is 0.287 e. The largest absolute Gasteiger partial charge is 0.287 e. The molecule has 0 aliphatic heterocycles. The first-order valence-corrected chi connectivity index (χ1v) is 11.8. The van der Waals surface area contributed by atoms with E-state index in [9.17, 15) is 18.0 Å². The molecule has 33 heavy (non-hydrogen) atoms. The van der Waals surface area contributed by atoms with Crippen molar-refractivity contribution in [3.63, 3.8) is 0 Å². The fourth-order valence-corrected chi connectivity index (χ4v) is 4.97. The van der Waals surface area contributed by atoms with Crippen molar-refractivity contribution in [3.8, 4) is 0 Å². The van der Waals surface area contributed by atoms with Gasteiger partial charge in [0, 0.05) is 23.3 Å². The van der Waals surface area contributed by atoms with E-state index in [1.807, 2.05) is 31.2 Å². The standard InChI is InChI=1S/C26H18N2O4S/c1-17-9-11-20(12-10-17)33(31,32)27-23-24(28-13-5-2-6-14-28)26(30)22-16-19-8-4-3-7-18(19)15-21(22)25(23)29/h2-16H,1H3/p+1. The number of aryl methyl sites for hydroxylation is 1. The Kier molecular flexibility index (Phi) is 4.91. The minimum absolute atomic E-state index is 0.00238. The Balaban J connectivity index is 1.72. The molecule has 0 unspecified atom stereocenters. The number of nitrogens with one attached hydrogen (secondary N) is 1. The van der Waals surface area contributed by atoms with Crippen LogP contribution in [0.5, 0.6) is 0 Å². The number of nitrogens with zero attached hydrogens (tertiary/aromatic N) is 1. The predicted molar refractivity (Wildman–Crippen MR) is 124 cm³/mol. The Bertz CT molecular complexity index is 1570. The van der Waals surface area contributed by atoms with Gasteiger partial charge in [-0.05, 0) is 42.0 Å². The molecule has 6 nitrogen and oxygen atoms in total. The average Bonchev–Trinajstić information content (AvgIpc) is 2.82. The number of carbonyl (C=O) groups excluding carboxylic acids is 2. The second-order valence-corrected chi connectivity index (χ2v) is 9.51. The molecule has 0 atom stereocenters. The van der Waals surface area contributed by atoms with Crippen molar-refractivity contribution in [1.29, 1.82) is 0 Å². The molecule has 0 fully saturated rings. The second kappa shape index (κ2) is 7.79. The van der Waals surface area contributed by atoms with E-state index in [0.717, 1.165) is 16.3 Å². The number of allylic oxidation sites excluding steroid dienone is 2. The molecule has 0 bridgehead atoms. The maximum Gasteiger partial charge on any atom is 0.287 e. The van der Waals surface area contributed by atoms with Crippen LogP contribution in [0, 0.1) is 6.92 Å². The molecule has 0 radical (unpaired) electrons. The number of hydrogen-bond acceptors (Lipinski definition) is 4. The lowest BCUT2D eigenvalue weighted by Crippen LogP contribution is -2.44. The van der Waals surface area contributed by atoms with Gasteiger partial charge in [-0.15, -0.1) is 0 Å². The Morgan fingerprint density at radius 1 is 0.727 bits per heavy atom. The van der Waals surface area contributed by atoms with Gasteiger partial charge in [0.25, 0.3) is 21.5 Å². The number of carbonyl (C=O) groups is 2. The topological polar surface area (TPSA) is 84.2 Å². The fourth-order valence-electron chi connectivity index (χ4n) is 3.90. The van der Waals surface area contributed by atoms with E-state index >= 15 is 0 Å². The first kappa shape index (κ1) is 20.8. The summed E-state index contributed by atoms with van der Waals surface area (Å²) in [6.45, 7) is 1.85. The zero-order valence-corrected chi connectivity index (χ0v) is 18.5. The maximum atomic E-state index is 13.6. The number of hydrogen-bond donors (Lipinski definition) is 1. The lowest BCUT2D eigenvalue weighted by Gasteiger charge is -2.19. The van der Waals surface area contributed by atoms with Crippen LogP contribution >= 0.6 is 0 Å². The number of aromatic nitrogens is 1. The van der Waals surface area contributed by atoms with Crippen LogP contribution in [0.3, 0.4) is 0 Å². The number of Topliss-reactive ketones (excluding diaryl/α,β-unsaturated/α-hetero) is 2. The molecule has 0 saturated carbocycles. The van der Waals surface area contributed by atoms with Crippen LogP contribution in [0.2, 0.25) is 0 Å². The maximum absolute atomic E-state index is 13.6. The zero-order chi connectivity index (χ0) is 23.2. The van der Waals surface area contributed by atoms with Gasteiger partial charge < -0.3 is 0 Å². The van der Waals surface area contributed by atoms with E-state index in [2.05, 4.69) is 4.72 Å². The van der Waals surface area contributed by atoms with E-state index < -0.39 is 21.6 Å². The summed E-state index contributed by atoms with van der Waals surface area (Å²) in [5, 5.41) is 1.60. The van der Waals surface area contributed by atoms with Crippen molar-refractivity contribution in [1.82, 2.24) is 4.72 Å². The van der Waals surface area contributed by atoms with Gasteiger partial charge in [0.1, 0.15) is 0 Å². The average molecular weight is 456 g/mol. The predicted octanol–water partition coefficient (Wildman–Crippen LogP) is 3.66. The molecule has 0 saturated heterocycles. The van der Waals surface area contributed by atoms with Crippen LogP contribution in [0.4, 0.5) is 0 Å². The Morgan fingerprint density at radius 2 is 1.30 bits per heavy atom. The highest BCUT2D eigenvalue weighted by Crippen LogP contribution is 2.30. The summed E-state index contributed by atoms with van der Waals surface area (Å²) < 4.78 is 30.2. The van der Waals surface area contributed by atoms with Crippen LogP contribution < -0.4 is 9.29 Å². The highest BCUT2D eigenvalue weighted by molar-refractivity contribution is 7.89. The monoisotopic (exact) mass is 455 g/mol. The Hall–Kier alpha value is -4.10. The first-order valence-electron chi connectivity index (χ1n) is 10.3. The number of rotatable bonds is 4. The molecule has 162 valence electrons. The van der Waals surface area contributed by atoms with Crippen LogP contribution in [0.1, 0.15) is 26.3 Å². The van der Waals surface area contributed by atoms with Gasteiger partial charge in [-0.1, -0.05) is 48.0 Å². The quantitative estimate of drug-likeness (QED) is 0.476.